The van der Waals surface area contributed by atoms with Crippen LogP contribution in [0.3, 0.4) is 0 Å². The Hall–Kier alpha value is -5.12. The highest BCUT2D eigenvalue weighted by molar-refractivity contribution is 5.98. The third-order valence-electron chi connectivity index (χ3n) is 7.41. The lowest BCUT2D eigenvalue weighted by molar-refractivity contribution is -0.119. The SMILES string of the molecule is O=C(Nc1cncc(-c2cc3c(-c4nc5c(-c6cc(O)cc(F)c6)cccc5[nH]4)n[nH]c3cn2)c1)C1CCCC1. The monoisotopic (exact) mass is 533 g/mol. The second kappa shape index (κ2) is 9.57. The number of halogens is 1. The minimum Gasteiger partial charge on any atom is -0.508 e. The second-order valence-corrected chi connectivity index (χ2v) is 10.1. The van der Waals surface area contributed by atoms with Gasteiger partial charge in [-0.1, -0.05) is 25.0 Å². The van der Waals surface area contributed by atoms with Crippen LogP contribution in [0.5, 0.6) is 5.75 Å². The average Bonchev–Trinajstić information content (AvgIpc) is 3.71. The van der Waals surface area contributed by atoms with E-state index in [9.17, 15) is 14.3 Å². The summed E-state index contributed by atoms with van der Waals surface area (Å²) < 4.78 is 14.0. The highest BCUT2D eigenvalue weighted by Crippen LogP contribution is 2.34. The number of hydrogen-bond acceptors (Lipinski definition) is 6. The Labute approximate surface area is 227 Å². The van der Waals surface area contributed by atoms with Crippen molar-refractivity contribution >= 4 is 33.5 Å². The van der Waals surface area contributed by atoms with Crippen molar-refractivity contribution in [2.24, 2.45) is 5.92 Å². The number of pyridine rings is 2. The van der Waals surface area contributed by atoms with Gasteiger partial charge in [-0.25, -0.2) is 9.37 Å². The van der Waals surface area contributed by atoms with Crippen molar-refractivity contribution < 1.29 is 14.3 Å². The molecule has 0 saturated heterocycles. The van der Waals surface area contributed by atoms with Crippen molar-refractivity contribution in [1.29, 1.82) is 0 Å². The summed E-state index contributed by atoms with van der Waals surface area (Å²) in [6.45, 7) is 0. The molecule has 4 N–H and O–H groups in total. The summed E-state index contributed by atoms with van der Waals surface area (Å²) in [6.07, 6.45) is 9.09. The first-order valence-electron chi connectivity index (χ1n) is 13.1. The number of phenolic OH excluding ortho intramolecular Hbond substituents is 1. The summed E-state index contributed by atoms with van der Waals surface area (Å²) in [5.41, 5.74) is 5.97. The van der Waals surface area contributed by atoms with E-state index in [1.807, 2.05) is 30.3 Å². The van der Waals surface area contributed by atoms with Gasteiger partial charge in [0.25, 0.3) is 0 Å². The van der Waals surface area contributed by atoms with Crippen molar-refractivity contribution in [3.63, 3.8) is 0 Å². The first kappa shape index (κ1) is 24.0. The molecule has 2 aromatic carbocycles. The van der Waals surface area contributed by atoms with Gasteiger partial charge in [0.1, 0.15) is 17.3 Å². The number of imidazole rings is 1. The Kier molecular flexibility index (Phi) is 5.73. The summed E-state index contributed by atoms with van der Waals surface area (Å²) in [5.74, 6) is -0.0603. The molecule has 0 aliphatic heterocycles. The molecule has 9 nitrogen and oxygen atoms in total. The number of aromatic hydroxyl groups is 1. The fourth-order valence-corrected chi connectivity index (χ4v) is 5.44. The second-order valence-electron chi connectivity index (χ2n) is 10.1. The molecule has 1 fully saturated rings. The predicted octanol–water partition coefficient (Wildman–Crippen LogP) is 6.20. The molecule has 1 saturated carbocycles. The zero-order chi connectivity index (χ0) is 27.2. The van der Waals surface area contributed by atoms with Gasteiger partial charge in [0.15, 0.2) is 5.82 Å². The van der Waals surface area contributed by atoms with Gasteiger partial charge in [0.05, 0.1) is 40.3 Å². The van der Waals surface area contributed by atoms with Gasteiger partial charge in [0.2, 0.25) is 5.91 Å². The van der Waals surface area contributed by atoms with Crippen LogP contribution in [0.2, 0.25) is 0 Å². The van der Waals surface area contributed by atoms with E-state index in [2.05, 4.69) is 30.5 Å². The molecule has 1 aliphatic rings. The minimum atomic E-state index is -0.530. The van der Waals surface area contributed by atoms with Crippen LogP contribution in [-0.4, -0.2) is 41.1 Å². The van der Waals surface area contributed by atoms with Gasteiger partial charge in [0, 0.05) is 34.7 Å². The van der Waals surface area contributed by atoms with E-state index in [0.29, 0.717) is 39.5 Å². The number of rotatable bonds is 5. The molecular formula is C30H24FN7O2. The maximum absolute atomic E-state index is 14.0. The Morgan fingerprint density at radius 3 is 2.73 bits per heavy atom. The predicted molar refractivity (Wildman–Crippen MR) is 150 cm³/mol. The molecule has 7 rings (SSSR count). The number of carbonyl (C=O) groups excluding carboxylic acids is 1. The topological polar surface area (TPSA) is 132 Å². The number of H-pyrrole nitrogens is 2. The Bertz CT molecular complexity index is 1890. The van der Waals surface area contributed by atoms with E-state index >= 15 is 0 Å². The molecule has 10 heteroatoms. The number of amides is 1. The molecule has 0 bridgehead atoms. The molecule has 0 unspecified atom stereocenters. The fourth-order valence-electron chi connectivity index (χ4n) is 5.44. The van der Waals surface area contributed by atoms with Crippen LogP contribution in [-0.2, 0) is 4.79 Å². The Morgan fingerprint density at radius 1 is 1.00 bits per heavy atom. The Balaban J connectivity index is 1.25. The average molecular weight is 534 g/mol. The zero-order valence-corrected chi connectivity index (χ0v) is 21.3. The van der Waals surface area contributed by atoms with Gasteiger partial charge >= 0.3 is 0 Å². The van der Waals surface area contributed by atoms with Crippen molar-refractivity contribution in [3.05, 3.63) is 72.9 Å². The van der Waals surface area contributed by atoms with Crippen LogP contribution in [0.15, 0.2) is 67.1 Å². The molecule has 6 aromatic rings. The lowest BCUT2D eigenvalue weighted by Gasteiger charge is -2.11. The van der Waals surface area contributed by atoms with Crippen molar-refractivity contribution in [2.75, 3.05) is 5.32 Å². The standard InChI is InChI=1S/C30H24FN7O2/c31-19-8-17(10-21(39)11-19)22-6-3-7-24-27(22)36-29(35-24)28-23-12-25(33-15-26(23)37-38-28)18-9-20(14-32-13-18)34-30(40)16-4-1-2-5-16/h3,6-16,39H,1-2,4-5H2,(H,34,40)(H,35,36)(H,37,38). The van der Waals surface area contributed by atoms with E-state index in [1.165, 1.54) is 12.1 Å². The third kappa shape index (κ3) is 4.33. The fraction of sp³-hybridized carbons (Fsp3) is 0.167. The number of nitrogens with zero attached hydrogens (tertiary/aromatic N) is 4. The van der Waals surface area contributed by atoms with Gasteiger partial charge < -0.3 is 15.4 Å². The van der Waals surface area contributed by atoms with E-state index in [4.69, 9.17) is 4.98 Å². The maximum Gasteiger partial charge on any atom is 0.227 e. The van der Waals surface area contributed by atoms with E-state index in [1.54, 1.807) is 18.6 Å². The number of aromatic amines is 2. The van der Waals surface area contributed by atoms with Gasteiger partial charge in [-0.3, -0.25) is 19.9 Å². The first-order chi connectivity index (χ1) is 19.5. The minimum absolute atomic E-state index is 0.0368. The number of phenols is 1. The summed E-state index contributed by atoms with van der Waals surface area (Å²) in [7, 11) is 0. The van der Waals surface area contributed by atoms with Crippen LogP contribution in [0, 0.1) is 11.7 Å². The zero-order valence-electron chi connectivity index (χ0n) is 21.3. The lowest BCUT2D eigenvalue weighted by atomic mass is 10.0. The molecule has 0 spiro atoms. The molecule has 0 radical (unpaired) electrons. The van der Waals surface area contributed by atoms with Gasteiger partial charge in [-0.05, 0) is 48.7 Å². The van der Waals surface area contributed by atoms with Crippen molar-refractivity contribution in [1.82, 2.24) is 30.1 Å². The number of fused-ring (bicyclic) bond motifs is 2. The molecule has 0 atom stereocenters. The van der Waals surface area contributed by atoms with Crippen LogP contribution >= 0.6 is 0 Å². The third-order valence-corrected chi connectivity index (χ3v) is 7.41. The van der Waals surface area contributed by atoms with E-state index in [-0.39, 0.29) is 17.6 Å². The highest BCUT2D eigenvalue weighted by atomic mass is 19.1. The van der Waals surface area contributed by atoms with Gasteiger partial charge in [-0.15, -0.1) is 0 Å². The number of hydrogen-bond donors (Lipinski definition) is 4. The van der Waals surface area contributed by atoms with Crippen LogP contribution < -0.4 is 5.32 Å². The number of para-hydroxylation sites is 1. The van der Waals surface area contributed by atoms with Crippen LogP contribution in [0.4, 0.5) is 10.1 Å². The number of nitrogens with one attached hydrogen (secondary N) is 3. The van der Waals surface area contributed by atoms with E-state index in [0.717, 1.165) is 53.7 Å². The number of carbonyl (C=O) groups is 1. The van der Waals surface area contributed by atoms with Crippen molar-refractivity contribution in [2.45, 2.75) is 25.7 Å². The lowest BCUT2D eigenvalue weighted by Crippen LogP contribution is -2.20. The molecule has 4 aromatic heterocycles. The summed E-state index contributed by atoms with van der Waals surface area (Å²) in [6, 6.07) is 13.3. The molecule has 1 amide bonds. The number of anilines is 1. The summed E-state index contributed by atoms with van der Waals surface area (Å²) in [4.78, 5) is 29.6. The van der Waals surface area contributed by atoms with Crippen LogP contribution in [0.1, 0.15) is 25.7 Å². The van der Waals surface area contributed by atoms with E-state index < -0.39 is 5.82 Å². The molecule has 198 valence electrons. The maximum atomic E-state index is 14.0. The number of benzene rings is 2. The normalized spacial score (nSPS) is 13.8. The number of aromatic nitrogens is 6. The molecular weight excluding hydrogens is 509 g/mol. The van der Waals surface area contributed by atoms with Crippen LogP contribution in [0.25, 0.3) is 55.8 Å². The highest BCUT2D eigenvalue weighted by Gasteiger charge is 2.23. The first-order valence-corrected chi connectivity index (χ1v) is 13.1. The molecule has 1 aliphatic carbocycles. The largest absolute Gasteiger partial charge is 0.508 e. The van der Waals surface area contributed by atoms with Crippen molar-refractivity contribution in [3.8, 4) is 39.7 Å². The molecule has 40 heavy (non-hydrogen) atoms. The quantitative estimate of drug-likeness (QED) is 0.208. The molecule has 4 heterocycles. The Morgan fingerprint density at radius 2 is 1.88 bits per heavy atom. The summed E-state index contributed by atoms with van der Waals surface area (Å²) >= 11 is 0. The van der Waals surface area contributed by atoms with Gasteiger partial charge in [-0.2, -0.15) is 5.10 Å². The summed E-state index contributed by atoms with van der Waals surface area (Å²) in [5, 5.41) is 21.2. The smallest absolute Gasteiger partial charge is 0.227 e.